The summed E-state index contributed by atoms with van der Waals surface area (Å²) in [4.78, 5) is 9.00. The van der Waals surface area contributed by atoms with Crippen LogP contribution in [0.3, 0.4) is 0 Å². The lowest BCUT2D eigenvalue weighted by Crippen LogP contribution is -2.46. The van der Waals surface area contributed by atoms with Gasteiger partial charge in [0.05, 0.1) is 11.4 Å². The summed E-state index contributed by atoms with van der Waals surface area (Å²) in [5.74, 6) is 1.56. The zero-order valence-electron chi connectivity index (χ0n) is 13.0. The lowest BCUT2D eigenvalue weighted by Gasteiger charge is -2.43. The highest BCUT2D eigenvalue weighted by Crippen LogP contribution is 2.63. The van der Waals surface area contributed by atoms with E-state index in [9.17, 15) is 0 Å². The minimum Gasteiger partial charge on any atom is -0.364 e. The van der Waals surface area contributed by atoms with E-state index in [-0.39, 0.29) is 5.41 Å². The Bertz CT molecular complexity index is 550. The number of hydrogen-bond acceptors (Lipinski definition) is 3. The average Bonchev–Trinajstić information content (AvgIpc) is 2.82. The molecule has 2 aliphatic rings. The number of hydrogen-bond donors (Lipinski definition) is 1. The maximum absolute atomic E-state index is 6.28. The van der Waals surface area contributed by atoms with Crippen molar-refractivity contribution in [1.29, 1.82) is 0 Å². The van der Waals surface area contributed by atoms with Gasteiger partial charge in [-0.2, -0.15) is 0 Å². The van der Waals surface area contributed by atoms with E-state index in [0.29, 0.717) is 16.6 Å². The van der Waals surface area contributed by atoms with E-state index in [2.05, 4.69) is 36.1 Å². The summed E-state index contributed by atoms with van der Waals surface area (Å²) in [6.07, 6.45) is 3.97. The fourth-order valence-corrected chi connectivity index (χ4v) is 4.69. The SMILES string of the molecule is Cc1nc(Cl)c(NC2C3(C)CCC(C3)C2(C)C)nc1C. The van der Waals surface area contributed by atoms with Crippen molar-refractivity contribution in [2.45, 2.75) is 59.9 Å². The van der Waals surface area contributed by atoms with Crippen molar-refractivity contribution in [3.63, 3.8) is 0 Å². The van der Waals surface area contributed by atoms with E-state index in [4.69, 9.17) is 11.6 Å². The second kappa shape index (κ2) is 4.33. The number of fused-ring (bicyclic) bond motifs is 2. The molecule has 0 aliphatic heterocycles. The van der Waals surface area contributed by atoms with E-state index < -0.39 is 0 Å². The molecule has 1 aromatic heterocycles. The molecule has 0 radical (unpaired) electrons. The molecule has 0 saturated heterocycles. The van der Waals surface area contributed by atoms with Crippen LogP contribution in [0, 0.1) is 30.6 Å². The molecule has 110 valence electrons. The molecule has 4 heteroatoms. The van der Waals surface area contributed by atoms with Crippen LogP contribution in [-0.2, 0) is 0 Å². The minimum atomic E-state index is 0.288. The normalized spacial score (nSPS) is 34.5. The van der Waals surface area contributed by atoms with Crippen molar-refractivity contribution in [2.24, 2.45) is 16.7 Å². The molecule has 3 atom stereocenters. The average molecular weight is 294 g/mol. The molecule has 3 rings (SSSR count). The summed E-state index contributed by atoms with van der Waals surface area (Å²) in [5, 5.41) is 4.13. The van der Waals surface area contributed by atoms with E-state index in [0.717, 1.165) is 23.1 Å². The number of anilines is 1. The first-order valence-electron chi connectivity index (χ1n) is 7.51. The summed E-state index contributed by atoms with van der Waals surface area (Å²) in [6, 6.07) is 0.419. The van der Waals surface area contributed by atoms with Crippen molar-refractivity contribution in [1.82, 2.24) is 9.97 Å². The monoisotopic (exact) mass is 293 g/mol. The van der Waals surface area contributed by atoms with Crippen molar-refractivity contribution < 1.29 is 0 Å². The summed E-state index contributed by atoms with van der Waals surface area (Å²) < 4.78 is 0. The Labute approximate surface area is 126 Å². The molecule has 0 amide bonds. The molecule has 3 nitrogen and oxygen atoms in total. The standard InChI is InChI=1S/C16H24ClN3/c1-9-10(2)19-13(12(17)18-9)20-14-15(3,4)11-6-7-16(14,5)8-11/h11,14H,6-8H2,1-5H3,(H,19,20). The molecule has 20 heavy (non-hydrogen) atoms. The molecule has 0 aromatic carbocycles. The molecule has 1 aromatic rings. The number of halogens is 1. The molecule has 2 fully saturated rings. The number of aromatic nitrogens is 2. The smallest absolute Gasteiger partial charge is 0.171 e. The van der Waals surface area contributed by atoms with Gasteiger partial charge in [-0.3, -0.25) is 0 Å². The van der Waals surface area contributed by atoms with Crippen LogP contribution in [0.1, 0.15) is 51.4 Å². The fourth-order valence-electron chi connectivity index (χ4n) is 4.47. The van der Waals surface area contributed by atoms with Gasteiger partial charge < -0.3 is 5.32 Å². The highest BCUT2D eigenvalue weighted by molar-refractivity contribution is 6.31. The summed E-state index contributed by atoms with van der Waals surface area (Å²) >= 11 is 6.28. The van der Waals surface area contributed by atoms with Crippen LogP contribution < -0.4 is 5.32 Å². The van der Waals surface area contributed by atoms with Gasteiger partial charge in [0.25, 0.3) is 0 Å². The third kappa shape index (κ3) is 1.93. The third-order valence-electron chi connectivity index (χ3n) is 5.82. The van der Waals surface area contributed by atoms with Crippen molar-refractivity contribution in [2.75, 3.05) is 5.32 Å². The molecule has 1 heterocycles. The zero-order valence-corrected chi connectivity index (χ0v) is 13.8. The predicted molar refractivity (Wildman–Crippen MR) is 83.2 cm³/mol. The maximum Gasteiger partial charge on any atom is 0.171 e. The van der Waals surface area contributed by atoms with Gasteiger partial charge in [-0.15, -0.1) is 0 Å². The second-order valence-corrected chi connectivity index (χ2v) is 7.88. The third-order valence-corrected chi connectivity index (χ3v) is 6.08. The van der Waals surface area contributed by atoms with Gasteiger partial charge in [-0.05, 0) is 49.9 Å². The van der Waals surface area contributed by atoms with E-state index in [1.165, 1.54) is 19.3 Å². The molecular weight excluding hydrogens is 270 g/mol. The Morgan fingerprint density at radius 1 is 1.15 bits per heavy atom. The Morgan fingerprint density at radius 2 is 1.80 bits per heavy atom. The van der Waals surface area contributed by atoms with Crippen LogP contribution >= 0.6 is 11.6 Å². The van der Waals surface area contributed by atoms with Crippen molar-refractivity contribution >= 4 is 17.4 Å². The number of rotatable bonds is 2. The van der Waals surface area contributed by atoms with Gasteiger partial charge >= 0.3 is 0 Å². The largest absolute Gasteiger partial charge is 0.364 e. The van der Waals surface area contributed by atoms with Crippen LogP contribution in [0.15, 0.2) is 0 Å². The second-order valence-electron chi connectivity index (χ2n) is 7.53. The predicted octanol–water partition coefficient (Wildman–Crippen LogP) is 4.37. The first-order chi connectivity index (χ1) is 9.24. The van der Waals surface area contributed by atoms with Gasteiger partial charge in [-0.1, -0.05) is 32.4 Å². The lowest BCUT2D eigenvalue weighted by molar-refractivity contribution is 0.155. The molecule has 3 unspecified atom stereocenters. The maximum atomic E-state index is 6.28. The van der Waals surface area contributed by atoms with E-state index in [1.54, 1.807) is 0 Å². The number of nitrogens with one attached hydrogen (secondary N) is 1. The molecule has 2 saturated carbocycles. The number of nitrogens with zero attached hydrogens (tertiary/aromatic N) is 2. The van der Waals surface area contributed by atoms with Gasteiger partial charge in [0.2, 0.25) is 0 Å². The van der Waals surface area contributed by atoms with Gasteiger partial charge in [-0.25, -0.2) is 9.97 Å². The molecular formula is C16H24ClN3. The molecule has 1 N–H and O–H groups in total. The lowest BCUT2D eigenvalue weighted by atomic mass is 9.68. The summed E-state index contributed by atoms with van der Waals surface area (Å²) in [5.41, 5.74) is 2.50. The van der Waals surface area contributed by atoms with Crippen LogP contribution in [0.5, 0.6) is 0 Å². The summed E-state index contributed by atoms with van der Waals surface area (Å²) in [7, 11) is 0. The molecule has 2 aliphatic carbocycles. The highest BCUT2D eigenvalue weighted by Gasteiger charge is 2.59. The van der Waals surface area contributed by atoms with Crippen molar-refractivity contribution in [3.8, 4) is 0 Å². The quantitative estimate of drug-likeness (QED) is 0.879. The Morgan fingerprint density at radius 3 is 2.40 bits per heavy atom. The fraction of sp³-hybridized carbons (Fsp3) is 0.750. The Balaban J connectivity index is 1.93. The van der Waals surface area contributed by atoms with E-state index >= 15 is 0 Å². The van der Waals surface area contributed by atoms with Gasteiger partial charge in [0.15, 0.2) is 11.0 Å². The zero-order chi connectivity index (χ0) is 14.7. The van der Waals surface area contributed by atoms with Crippen LogP contribution in [0.2, 0.25) is 5.15 Å². The topological polar surface area (TPSA) is 37.8 Å². The molecule has 2 bridgehead atoms. The first kappa shape index (κ1) is 14.1. The van der Waals surface area contributed by atoms with E-state index in [1.807, 2.05) is 13.8 Å². The van der Waals surface area contributed by atoms with Gasteiger partial charge in [0.1, 0.15) is 0 Å². The van der Waals surface area contributed by atoms with Crippen LogP contribution in [0.4, 0.5) is 5.82 Å². The van der Waals surface area contributed by atoms with Crippen LogP contribution in [0.25, 0.3) is 0 Å². The number of aryl methyl sites for hydroxylation is 2. The molecule has 0 spiro atoms. The highest BCUT2D eigenvalue weighted by atomic mass is 35.5. The summed E-state index contributed by atoms with van der Waals surface area (Å²) in [6.45, 7) is 11.1. The van der Waals surface area contributed by atoms with Crippen LogP contribution in [-0.4, -0.2) is 16.0 Å². The van der Waals surface area contributed by atoms with Gasteiger partial charge in [0, 0.05) is 6.04 Å². The Kier molecular flexibility index (Phi) is 3.06. The Hall–Kier alpha value is -0.830. The van der Waals surface area contributed by atoms with Crippen molar-refractivity contribution in [3.05, 3.63) is 16.5 Å². The minimum absolute atomic E-state index is 0.288. The first-order valence-corrected chi connectivity index (χ1v) is 7.89.